The van der Waals surface area contributed by atoms with Crippen LogP contribution in [0.5, 0.6) is 0 Å². The van der Waals surface area contributed by atoms with Crippen LogP contribution in [0.2, 0.25) is 6.04 Å². The Balaban J connectivity index is 2.82. The normalized spacial score (nSPS) is 10.6. The average molecular weight is 135 g/mol. The predicted octanol–water partition coefficient (Wildman–Crippen LogP) is 1.35. The van der Waals surface area contributed by atoms with Gasteiger partial charge in [0, 0.05) is 15.4 Å². The van der Waals surface area contributed by atoms with Gasteiger partial charge in [0.2, 0.25) is 0 Å². The Morgan fingerprint density at radius 2 is 2.43 bits per heavy atom. The zero-order chi connectivity index (χ0) is 5.70. The van der Waals surface area contributed by atoms with E-state index in [9.17, 15) is 0 Å². The molecule has 0 fully saturated rings. The van der Waals surface area contributed by atoms with Crippen LogP contribution in [0, 0.1) is 0 Å². The Kier molecular flexibility index (Phi) is 4.56. The summed E-state index contributed by atoms with van der Waals surface area (Å²) in [6.07, 6.45) is 0. The molecule has 0 atom stereocenters. The number of halogens is 1. The lowest BCUT2D eigenvalue weighted by Crippen LogP contribution is -1.89. The minimum atomic E-state index is 0.0197. The first kappa shape index (κ1) is 7.25. The summed E-state index contributed by atoms with van der Waals surface area (Å²) in [5, 5.41) is 1.36. The minimum Gasteiger partial charge on any atom is -0.127 e. The fourth-order valence-electron chi connectivity index (χ4n) is 0.369. The van der Waals surface area contributed by atoms with E-state index in [4.69, 9.17) is 11.6 Å². The van der Waals surface area contributed by atoms with Crippen molar-refractivity contribution >= 4 is 21.1 Å². The number of alkyl halides is 1. The molecule has 0 amide bonds. The monoisotopic (exact) mass is 134 g/mol. The van der Waals surface area contributed by atoms with E-state index in [-0.39, 0.29) is 9.52 Å². The van der Waals surface area contributed by atoms with Gasteiger partial charge in [0.25, 0.3) is 0 Å². The molecule has 0 rings (SSSR count). The standard InChI is InChI=1S/C5H11ClSi/c1-5(2)7-4-3-6/h1,3-4,7H2,2H3. The van der Waals surface area contributed by atoms with Gasteiger partial charge in [-0.15, -0.1) is 18.2 Å². The third kappa shape index (κ3) is 6.25. The summed E-state index contributed by atoms with van der Waals surface area (Å²) in [5.41, 5.74) is 0. The molecule has 0 aromatic heterocycles. The molecule has 0 aromatic rings. The third-order valence-corrected chi connectivity index (χ3v) is 3.01. The Bertz CT molecular complexity index is 61.1. The molecule has 0 N–H and O–H groups in total. The molecule has 0 aromatic carbocycles. The Morgan fingerprint density at radius 1 is 1.86 bits per heavy atom. The number of allylic oxidation sites excluding steroid dienone is 1. The maximum absolute atomic E-state index is 5.44. The SMILES string of the molecule is C=C(C)[SiH2]CCCl. The Labute approximate surface area is 52.4 Å². The molecule has 0 saturated carbocycles. The van der Waals surface area contributed by atoms with Gasteiger partial charge >= 0.3 is 0 Å². The lowest BCUT2D eigenvalue weighted by Gasteiger charge is -1.89. The molecule has 0 spiro atoms. The van der Waals surface area contributed by atoms with Crippen LogP contribution in [0.1, 0.15) is 6.92 Å². The second-order valence-electron chi connectivity index (χ2n) is 1.75. The van der Waals surface area contributed by atoms with Gasteiger partial charge in [0.15, 0.2) is 0 Å². The molecular formula is C5H11ClSi. The first-order chi connectivity index (χ1) is 3.27. The Hall–Kier alpha value is 0.247. The van der Waals surface area contributed by atoms with E-state index >= 15 is 0 Å². The summed E-state index contributed by atoms with van der Waals surface area (Å²) in [5.74, 6) is 0.819. The van der Waals surface area contributed by atoms with E-state index < -0.39 is 0 Å². The first-order valence-corrected chi connectivity index (χ1v) is 4.72. The van der Waals surface area contributed by atoms with Gasteiger partial charge < -0.3 is 0 Å². The second kappa shape index (κ2) is 4.41. The fourth-order valence-corrected chi connectivity index (χ4v) is 1.51. The summed E-state index contributed by atoms with van der Waals surface area (Å²) >= 11 is 5.44. The van der Waals surface area contributed by atoms with Crippen LogP contribution >= 0.6 is 11.6 Å². The van der Waals surface area contributed by atoms with Crippen molar-refractivity contribution in [1.82, 2.24) is 0 Å². The van der Waals surface area contributed by atoms with Crippen molar-refractivity contribution in [1.29, 1.82) is 0 Å². The highest BCUT2D eigenvalue weighted by atomic mass is 35.5. The molecule has 0 aliphatic rings. The second-order valence-corrected chi connectivity index (χ2v) is 4.54. The molecule has 0 bridgehead atoms. The zero-order valence-electron chi connectivity index (χ0n) is 4.71. The molecule has 0 heterocycles. The summed E-state index contributed by atoms with van der Waals surface area (Å²) in [4.78, 5) is 0. The predicted molar refractivity (Wildman–Crippen MR) is 38.9 cm³/mol. The van der Waals surface area contributed by atoms with Gasteiger partial charge in [-0.25, -0.2) is 0 Å². The zero-order valence-corrected chi connectivity index (χ0v) is 6.88. The molecule has 0 aliphatic carbocycles. The summed E-state index contributed by atoms with van der Waals surface area (Å²) < 4.78 is 0. The fraction of sp³-hybridized carbons (Fsp3) is 0.600. The summed E-state index contributed by atoms with van der Waals surface area (Å²) in [7, 11) is 0.0197. The van der Waals surface area contributed by atoms with E-state index in [1.807, 2.05) is 0 Å². The number of hydrogen-bond donors (Lipinski definition) is 0. The van der Waals surface area contributed by atoms with Gasteiger partial charge in [0.1, 0.15) is 0 Å². The van der Waals surface area contributed by atoms with Gasteiger partial charge in [0.05, 0.1) is 0 Å². The summed E-state index contributed by atoms with van der Waals surface area (Å²) in [6, 6.07) is 1.21. The minimum absolute atomic E-state index is 0.0197. The molecule has 0 saturated heterocycles. The molecule has 0 aliphatic heterocycles. The van der Waals surface area contributed by atoms with Crippen molar-refractivity contribution in [2.45, 2.75) is 13.0 Å². The molecule has 2 heteroatoms. The lowest BCUT2D eigenvalue weighted by molar-refractivity contribution is 1.45. The van der Waals surface area contributed by atoms with Crippen molar-refractivity contribution in [3.8, 4) is 0 Å². The molecule has 42 valence electrons. The largest absolute Gasteiger partial charge is 0.127 e. The highest BCUT2D eigenvalue weighted by Gasteiger charge is 1.83. The topological polar surface area (TPSA) is 0 Å². The van der Waals surface area contributed by atoms with Gasteiger partial charge in [-0.3, -0.25) is 0 Å². The van der Waals surface area contributed by atoms with Crippen molar-refractivity contribution in [2.24, 2.45) is 0 Å². The van der Waals surface area contributed by atoms with Crippen LogP contribution < -0.4 is 0 Å². The van der Waals surface area contributed by atoms with Crippen molar-refractivity contribution < 1.29 is 0 Å². The van der Waals surface area contributed by atoms with Crippen LogP contribution in [0.25, 0.3) is 0 Å². The van der Waals surface area contributed by atoms with E-state index in [1.54, 1.807) is 0 Å². The van der Waals surface area contributed by atoms with Crippen molar-refractivity contribution in [3.05, 3.63) is 11.8 Å². The number of hydrogen-bond acceptors (Lipinski definition) is 0. The van der Waals surface area contributed by atoms with Gasteiger partial charge in [-0.2, -0.15) is 0 Å². The molecule has 0 nitrogen and oxygen atoms in total. The van der Waals surface area contributed by atoms with Crippen molar-refractivity contribution in [2.75, 3.05) is 5.88 Å². The molecule has 0 radical (unpaired) electrons. The third-order valence-electron chi connectivity index (χ3n) is 0.737. The Morgan fingerprint density at radius 3 is 2.57 bits per heavy atom. The quantitative estimate of drug-likeness (QED) is 0.404. The van der Waals surface area contributed by atoms with Crippen molar-refractivity contribution in [3.63, 3.8) is 0 Å². The maximum atomic E-state index is 5.44. The van der Waals surface area contributed by atoms with Crippen LogP contribution in [0.3, 0.4) is 0 Å². The van der Waals surface area contributed by atoms with Crippen LogP contribution in [0.4, 0.5) is 0 Å². The smallest absolute Gasteiger partial charge is 0.0496 e. The van der Waals surface area contributed by atoms with E-state index in [0.717, 1.165) is 5.88 Å². The van der Waals surface area contributed by atoms with E-state index in [1.165, 1.54) is 11.2 Å². The van der Waals surface area contributed by atoms with Gasteiger partial charge in [-0.05, 0) is 13.0 Å². The van der Waals surface area contributed by atoms with E-state index in [0.29, 0.717) is 0 Å². The molecule has 7 heavy (non-hydrogen) atoms. The van der Waals surface area contributed by atoms with Gasteiger partial charge in [-0.1, -0.05) is 5.20 Å². The summed E-state index contributed by atoms with van der Waals surface area (Å²) in [6.45, 7) is 5.88. The maximum Gasteiger partial charge on any atom is 0.0496 e. The lowest BCUT2D eigenvalue weighted by atomic mass is 10.8. The van der Waals surface area contributed by atoms with Crippen LogP contribution in [0.15, 0.2) is 11.8 Å². The molecular weight excluding hydrogens is 124 g/mol. The first-order valence-electron chi connectivity index (χ1n) is 2.47. The van der Waals surface area contributed by atoms with E-state index in [2.05, 4.69) is 13.5 Å². The van der Waals surface area contributed by atoms with Crippen LogP contribution in [-0.4, -0.2) is 15.4 Å². The van der Waals surface area contributed by atoms with Crippen LogP contribution in [-0.2, 0) is 0 Å². The molecule has 0 unspecified atom stereocenters. The highest BCUT2D eigenvalue weighted by molar-refractivity contribution is 6.46. The average Bonchev–Trinajstić information content (AvgIpc) is 1.61. The number of rotatable bonds is 3. The highest BCUT2D eigenvalue weighted by Crippen LogP contribution is 1.89.